The zero-order valence-corrected chi connectivity index (χ0v) is 20.8. The Morgan fingerprint density at radius 3 is 2.57 bits per heavy atom. The molecular weight excluding hydrogens is 489 g/mol. The fraction of sp³-hybridized carbons (Fsp3) is 0.192. The Labute approximate surface area is 214 Å². The van der Waals surface area contributed by atoms with Crippen molar-refractivity contribution in [3.63, 3.8) is 0 Å². The monoisotopic (exact) mass is 513 g/mol. The van der Waals surface area contributed by atoms with Crippen LogP contribution < -0.4 is 20.2 Å². The van der Waals surface area contributed by atoms with E-state index >= 15 is 0 Å². The predicted octanol–water partition coefficient (Wildman–Crippen LogP) is 5.16. The van der Waals surface area contributed by atoms with Crippen molar-refractivity contribution < 1.29 is 19.1 Å². The van der Waals surface area contributed by atoms with E-state index in [1.165, 1.54) is 23.9 Å². The molecule has 0 aliphatic heterocycles. The first-order valence-corrected chi connectivity index (χ1v) is 11.5. The van der Waals surface area contributed by atoms with E-state index in [1.54, 1.807) is 31.4 Å². The third-order valence-electron chi connectivity index (χ3n) is 4.89. The smallest absolute Gasteiger partial charge is 0.251 e. The van der Waals surface area contributed by atoms with Crippen LogP contribution in [0.2, 0.25) is 10.0 Å². The molecule has 182 valence electrons. The lowest BCUT2D eigenvalue weighted by atomic mass is 10.1. The first kappa shape index (κ1) is 26.1. The molecule has 0 atom stereocenters. The van der Waals surface area contributed by atoms with Gasteiger partial charge in [-0.2, -0.15) is 5.10 Å². The minimum Gasteiger partial charge on any atom is -0.493 e. The molecule has 0 aromatic heterocycles. The van der Waals surface area contributed by atoms with E-state index in [0.717, 1.165) is 11.1 Å². The summed E-state index contributed by atoms with van der Waals surface area (Å²) in [5.41, 5.74) is 5.74. The van der Waals surface area contributed by atoms with Crippen molar-refractivity contribution in [1.82, 2.24) is 10.7 Å². The number of rotatable bonds is 10. The Balaban J connectivity index is 1.46. The fourth-order valence-electron chi connectivity index (χ4n) is 3.11. The van der Waals surface area contributed by atoms with Crippen LogP contribution in [0.4, 0.5) is 0 Å². The molecule has 7 nitrogen and oxygen atoms in total. The molecule has 3 rings (SSSR count). The highest BCUT2D eigenvalue weighted by Gasteiger charge is 2.09. The lowest BCUT2D eigenvalue weighted by molar-refractivity contribution is -0.120. The summed E-state index contributed by atoms with van der Waals surface area (Å²) < 4.78 is 11.3. The number of benzene rings is 3. The van der Waals surface area contributed by atoms with Crippen LogP contribution in [0.25, 0.3) is 0 Å². The highest BCUT2D eigenvalue weighted by Crippen LogP contribution is 2.28. The second kappa shape index (κ2) is 12.8. The van der Waals surface area contributed by atoms with Crippen molar-refractivity contribution in [1.29, 1.82) is 0 Å². The molecule has 0 saturated carbocycles. The van der Waals surface area contributed by atoms with Gasteiger partial charge in [0.25, 0.3) is 5.91 Å². The molecule has 0 fully saturated rings. The number of nitrogens with zero attached hydrogens (tertiary/aromatic N) is 1. The van der Waals surface area contributed by atoms with E-state index in [9.17, 15) is 9.59 Å². The summed E-state index contributed by atoms with van der Waals surface area (Å²) in [5, 5.41) is 7.26. The molecule has 0 unspecified atom stereocenters. The van der Waals surface area contributed by atoms with Crippen molar-refractivity contribution in [2.75, 3.05) is 13.7 Å². The first-order valence-electron chi connectivity index (χ1n) is 10.8. The molecule has 0 aliphatic rings. The number of ether oxygens (including phenoxy) is 2. The van der Waals surface area contributed by atoms with Gasteiger partial charge in [0.1, 0.15) is 6.61 Å². The second-order valence-electron chi connectivity index (χ2n) is 7.62. The summed E-state index contributed by atoms with van der Waals surface area (Å²) in [6, 6.07) is 18.0. The molecule has 0 aliphatic carbocycles. The van der Waals surface area contributed by atoms with Crippen molar-refractivity contribution in [2.45, 2.75) is 20.0 Å². The van der Waals surface area contributed by atoms with Crippen LogP contribution in [0, 0.1) is 6.92 Å². The molecule has 2 N–H and O–H groups in total. The number of carbonyl (C=O) groups is 2. The maximum atomic E-state index is 12.1. The van der Waals surface area contributed by atoms with Gasteiger partial charge in [-0.15, -0.1) is 0 Å². The minimum absolute atomic E-state index is 0.0550. The molecule has 3 aromatic rings. The standard InChI is InChI=1S/C26H25Cl2N3O4/c1-17-4-3-5-19(12-17)16-35-23-9-6-18(13-24(23)34-2)15-30-31-25(32)10-11-29-26(33)20-7-8-21(27)22(28)14-20/h3-9,12-15H,10-11,16H2,1-2H3,(H,29,33)(H,31,32). The van der Waals surface area contributed by atoms with Crippen LogP contribution in [0.3, 0.4) is 0 Å². The molecule has 0 saturated heterocycles. The van der Waals surface area contributed by atoms with E-state index in [2.05, 4.69) is 21.9 Å². The summed E-state index contributed by atoms with van der Waals surface area (Å²) in [7, 11) is 1.56. The van der Waals surface area contributed by atoms with Crippen LogP contribution in [0.1, 0.15) is 33.5 Å². The molecule has 0 radical (unpaired) electrons. The number of methoxy groups -OCH3 is 1. The average Bonchev–Trinajstić information content (AvgIpc) is 2.84. The quantitative estimate of drug-likeness (QED) is 0.289. The van der Waals surface area contributed by atoms with Gasteiger partial charge in [-0.1, -0.05) is 53.0 Å². The molecule has 0 spiro atoms. The number of halogens is 2. The van der Waals surface area contributed by atoms with Crippen LogP contribution in [0.15, 0.2) is 65.8 Å². The van der Waals surface area contributed by atoms with Gasteiger partial charge in [-0.3, -0.25) is 9.59 Å². The normalized spacial score (nSPS) is 10.7. The number of nitrogens with one attached hydrogen (secondary N) is 2. The van der Waals surface area contributed by atoms with Gasteiger partial charge >= 0.3 is 0 Å². The third kappa shape index (κ3) is 8.02. The number of hydrogen-bond donors (Lipinski definition) is 2. The number of hydrogen-bond acceptors (Lipinski definition) is 5. The lowest BCUT2D eigenvalue weighted by Gasteiger charge is -2.11. The van der Waals surface area contributed by atoms with Gasteiger partial charge < -0.3 is 14.8 Å². The average molecular weight is 514 g/mol. The number of amides is 2. The van der Waals surface area contributed by atoms with E-state index in [-0.39, 0.29) is 29.8 Å². The summed E-state index contributed by atoms with van der Waals surface area (Å²) in [5.74, 6) is 0.461. The van der Waals surface area contributed by atoms with Crippen molar-refractivity contribution >= 4 is 41.2 Å². The topological polar surface area (TPSA) is 89.0 Å². The number of aryl methyl sites for hydroxylation is 1. The van der Waals surface area contributed by atoms with Gasteiger partial charge in [0.05, 0.1) is 23.4 Å². The Kier molecular flexibility index (Phi) is 9.52. The van der Waals surface area contributed by atoms with Gasteiger partial charge in [0.15, 0.2) is 11.5 Å². The van der Waals surface area contributed by atoms with Gasteiger partial charge in [0, 0.05) is 18.5 Å². The Hall–Kier alpha value is -3.55. The Morgan fingerprint density at radius 1 is 1.00 bits per heavy atom. The Morgan fingerprint density at radius 2 is 1.83 bits per heavy atom. The Bertz CT molecular complexity index is 1230. The largest absolute Gasteiger partial charge is 0.493 e. The SMILES string of the molecule is COc1cc(C=NNC(=O)CCNC(=O)c2ccc(Cl)c(Cl)c2)ccc1OCc1cccc(C)c1. The lowest BCUT2D eigenvalue weighted by Crippen LogP contribution is -2.29. The van der Waals surface area contributed by atoms with E-state index < -0.39 is 0 Å². The molecule has 9 heteroatoms. The molecule has 35 heavy (non-hydrogen) atoms. The molecule has 3 aromatic carbocycles. The van der Waals surface area contributed by atoms with Crippen LogP contribution in [-0.4, -0.2) is 31.7 Å². The van der Waals surface area contributed by atoms with Crippen LogP contribution in [0.5, 0.6) is 11.5 Å². The first-order chi connectivity index (χ1) is 16.9. The summed E-state index contributed by atoms with van der Waals surface area (Å²) in [4.78, 5) is 24.1. The summed E-state index contributed by atoms with van der Waals surface area (Å²) in [6.45, 7) is 2.59. The second-order valence-corrected chi connectivity index (χ2v) is 8.43. The zero-order valence-electron chi connectivity index (χ0n) is 19.3. The molecule has 2 amide bonds. The predicted molar refractivity (Wildman–Crippen MR) is 138 cm³/mol. The third-order valence-corrected chi connectivity index (χ3v) is 5.63. The minimum atomic E-state index is -0.350. The maximum absolute atomic E-state index is 12.1. The number of hydrazone groups is 1. The van der Waals surface area contributed by atoms with Crippen LogP contribution in [-0.2, 0) is 11.4 Å². The van der Waals surface area contributed by atoms with E-state index in [0.29, 0.717) is 28.7 Å². The van der Waals surface area contributed by atoms with Crippen LogP contribution >= 0.6 is 23.2 Å². The molecular formula is C26H25Cl2N3O4. The van der Waals surface area contributed by atoms with Gasteiger partial charge in [-0.25, -0.2) is 5.43 Å². The van der Waals surface area contributed by atoms with Crippen molar-refractivity contribution in [3.05, 3.63) is 93.0 Å². The van der Waals surface area contributed by atoms with E-state index in [4.69, 9.17) is 32.7 Å². The summed E-state index contributed by atoms with van der Waals surface area (Å²) in [6.07, 6.45) is 1.55. The summed E-state index contributed by atoms with van der Waals surface area (Å²) >= 11 is 11.8. The fourth-order valence-corrected chi connectivity index (χ4v) is 3.41. The van der Waals surface area contributed by atoms with Crippen molar-refractivity contribution in [2.24, 2.45) is 5.10 Å². The molecule has 0 heterocycles. The highest BCUT2D eigenvalue weighted by atomic mass is 35.5. The van der Waals surface area contributed by atoms with Gasteiger partial charge in [-0.05, 0) is 54.4 Å². The van der Waals surface area contributed by atoms with E-state index in [1.807, 2.05) is 25.1 Å². The zero-order chi connectivity index (χ0) is 25.2. The van der Waals surface area contributed by atoms with Gasteiger partial charge in [0.2, 0.25) is 5.91 Å². The highest BCUT2D eigenvalue weighted by molar-refractivity contribution is 6.42. The van der Waals surface area contributed by atoms with Crippen molar-refractivity contribution in [3.8, 4) is 11.5 Å². The maximum Gasteiger partial charge on any atom is 0.251 e. The number of carbonyl (C=O) groups excluding carboxylic acids is 2. The molecule has 0 bridgehead atoms.